The van der Waals surface area contributed by atoms with Crippen LogP contribution in [0.2, 0.25) is 0 Å². The van der Waals surface area contributed by atoms with Gasteiger partial charge in [0.05, 0.1) is 0 Å². The Bertz CT molecular complexity index is 756. The molecule has 2 N–H and O–H groups in total. The van der Waals surface area contributed by atoms with E-state index in [-0.39, 0.29) is 0 Å². The molecule has 0 aliphatic carbocycles. The van der Waals surface area contributed by atoms with Gasteiger partial charge in [-0.1, -0.05) is 43.8 Å². The van der Waals surface area contributed by atoms with Gasteiger partial charge in [0.15, 0.2) is 0 Å². The van der Waals surface area contributed by atoms with Gasteiger partial charge in [0.1, 0.15) is 0 Å². The van der Waals surface area contributed by atoms with Crippen molar-refractivity contribution in [3.63, 3.8) is 0 Å². The Morgan fingerprint density at radius 1 is 1.00 bits per heavy atom. The quantitative estimate of drug-likeness (QED) is 0.627. The zero-order chi connectivity index (χ0) is 12.0. The summed E-state index contributed by atoms with van der Waals surface area (Å²) < 4.78 is 0. The number of nitrogen functional groups attached to an aromatic ring is 1. The van der Waals surface area contributed by atoms with E-state index in [1.54, 1.807) is 0 Å². The normalized spacial score (nSPS) is 11.4. The van der Waals surface area contributed by atoms with E-state index in [0.29, 0.717) is 0 Å². The SMILES string of the molecule is C=c1ccc2c(N)ccc3ccc(CC)c1c32. The summed E-state index contributed by atoms with van der Waals surface area (Å²) in [5.74, 6) is 0. The van der Waals surface area contributed by atoms with Gasteiger partial charge in [-0.25, -0.2) is 0 Å². The minimum absolute atomic E-state index is 0.843. The van der Waals surface area contributed by atoms with Gasteiger partial charge in [0, 0.05) is 11.1 Å². The van der Waals surface area contributed by atoms with Crippen LogP contribution in [0.1, 0.15) is 12.5 Å². The molecule has 3 aromatic carbocycles. The molecule has 0 amide bonds. The van der Waals surface area contributed by atoms with Crippen LogP contribution in [0, 0.1) is 0 Å². The number of benzene rings is 3. The first-order valence-corrected chi connectivity index (χ1v) is 5.93. The second-order valence-electron chi connectivity index (χ2n) is 4.48. The molecule has 0 saturated carbocycles. The van der Waals surface area contributed by atoms with E-state index < -0.39 is 0 Å². The molecular formula is C16H15N. The maximum atomic E-state index is 6.06. The lowest BCUT2D eigenvalue weighted by atomic mass is 9.94. The fourth-order valence-electron chi connectivity index (χ4n) is 2.61. The largest absolute Gasteiger partial charge is 0.398 e. The molecule has 3 rings (SSSR count). The van der Waals surface area contributed by atoms with E-state index in [1.165, 1.54) is 21.7 Å². The Hall–Kier alpha value is -2.02. The standard InChI is InChI=1S/C16H15N/c1-3-11-5-6-12-7-9-14(17)13-8-4-10(2)15(11)16(12)13/h4-9H,2-3,17H2,1H3. The molecule has 0 atom stereocenters. The monoisotopic (exact) mass is 221 g/mol. The lowest BCUT2D eigenvalue weighted by Crippen LogP contribution is -2.03. The molecule has 0 unspecified atom stereocenters. The minimum Gasteiger partial charge on any atom is -0.398 e. The third-order valence-electron chi connectivity index (χ3n) is 3.50. The molecule has 84 valence electrons. The van der Waals surface area contributed by atoms with E-state index in [2.05, 4.69) is 43.8 Å². The summed E-state index contributed by atoms with van der Waals surface area (Å²) in [6, 6.07) is 12.6. The third kappa shape index (κ3) is 1.32. The Morgan fingerprint density at radius 2 is 1.76 bits per heavy atom. The van der Waals surface area contributed by atoms with Gasteiger partial charge in [0.2, 0.25) is 0 Å². The average Bonchev–Trinajstić information content (AvgIpc) is 2.35. The summed E-state index contributed by atoms with van der Waals surface area (Å²) in [6.07, 6.45) is 1.02. The van der Waals surface area contributed by atoms with Crippen LogP contribution in [0.25, 0.3) is 28.1 Å². The molecular weight excluding hydrogens is 206 g/mol. The van der Waals surface area contributed by atoms with E-state index in [9.17, 15) is 0 Å². The van der Waals surface area contributed by atoms with Crippen molar-refractivity contribution in [2.75, 3.05) is 5.73 Å². The van der Waals surface area contributed by atoms with E-state index in [4.69, 9.17) is 5.73 Å². The number of anilines is 1. The molecule has 17 heavy (non-hydrogen) atoms. The first kappa shape index (κ1) is 10.2. The molecule has 0 fully saturated rings. The first-order valence-electron chi connectivity index (χ1n) is 5.93. The number of hydrogen-bond donors (Lipinski definition) is 1. The lowest BCUT2D eigenvalue weighted by Gasteiger charge is -2.11. The molecule has 1 heteroatoms. The summed E-state index contributed by atoms with van der Waals surface area (Å²) in [4.78, 5) is 0. The van der Waals surface area contributed by atoms with Crippen LogP contribution in [0.15, 0.2) is 36.4 Å². The Balaban J connectivity index is 2.70. The fraction of sp³-hybridized carbons (Fsp3) is 0.125. The molecule has 0 saturated heterocycles. The first-order chi connectivity index (χ1) is 8.22. The second-order valence-corrected chi connectivity index (χ2v) is 4.48. The van der Waals surface area contributed by atoms with Crippen LogP contribution in [0.4, 0.5) is 5.69 Å². The predicted molar refractivity (Wildman–Crippen MR) is 76.0 cm³/mol. The number of rotatable bonds is 1. The Labute approximate surface area is 101 Å². The van der Waals surface area contributed by atoms with Crippen LogP contribution >= 0.6 is 0 Å². The number of nitrogens with two attached hydrogens (primary N) is 1. The summed E-state index contributed by atoms with van der Waals surface area (Å²) in [7, 11) is 0. The number of aryl methyl sites for hydroxylation is 1. The van der Waals surface area contributed by atoms with Crippen molar-refractivity contribution in [3.8, 4) is 0 Å². The van der Waals surface area contributed by atoms with Crippen molar-refractivity contribution in [1.29, 1.82) is 0 Å². The van der Waals surface area contributed by atoms with E-state index in [0.717, 1.165) is 22.7 Å². The van der Waals surface area contributed by atoms with Gasteiger partial charge in [-0.15, -0.1) is 0 Å². The number of hydrogen-bond acceptors (Lipinski definition) is 1. The molecule has 0 aliphatic rings. The molecule has 0 aliphatic heterocycles. The van der Waals surface area contributed by atoms with Gasteiger partial charge in [-0.3, -0.25) is 0 Å². The minimum atomic E-state index is 0.843. The van der Waals surface area contributed by atoms with Crippen molar-refractivity contribution in [3.05, 3.63) is 47.2 Å². The topological polar surface area (TPSA) is 26.0 Å². The maximum Gasteiger partial charge on any atom is 0.0394 e. The zero-order valence-corrected chi connectivity index (χ0v) is 9.96. The highest BCUT2D eigenvalue weighted by molar-refractivity contribution is 6.15. The van der Waals surface area contributed by atoms with Gasteiger partial charge in [0.25, 0.3) is 0 Å². The lowest BCUT2D eigenvalue weighted by molar-refractivity contribution is 1.16. The predicted octanol–water partition coefficient (Wildman–Crippen LogP) is 3.27. The van der Waals surface area contributed by atoms with E-state index in [1.807, 2.05) is 6.07 Å². The van der Waals surface area contributed by atoms with Crippen LogP contribution < -0.4 is 11.0 Å². The molecule has 1 nitrogen and oxygen atoms in total. The molecule has 3 aromatic rings. The summed E-state index contributed by atoms with van der Waals surface area (Å²) in [6.45, 7) is 6.32. The van der Waals surface area contributed by atoms with Crippen LogP contribution in [0.5, 0.6) is 0 Å². The van der Waals surface area contributed by atoms with Crippen LogP contribution in [0.3, 0.4) is 0 Å². The maximum absolute atomic E-state index is 6.06. The van der Waals surface area contributed by atoms with Crippen LogP contribution in [-0.2, 0) is 6.42 Å². The smallest absolute Gasteiger partial charge is 0.0394 e. The fourth-order valence-corrected chi connectivity index (χ4v) is 2.61. The van der Waals surface area contributed by atoms with E-state index >= 15 is 0 Å². The van der Waals surface area contributed by atoms with Gasteiger partial charge in [-0.05, 0) is 39.4 Å². The van der Waals surface area contributed by atoms with Gasteiger partial charge >= 0.3 is 0 Å². The molecule has 0 heterocycles. The highest BCUT2D eigenvalue weighted by Crippen LogP contribution is 2.30. The van der Waals surface area contributed by atoms with Crippen molar-refractivity contribution in [2.24, 2.45) is 0 Å². The third-order valence-corrected chi connectivity index (χ3v) is 3.50. The van der Waals surface area contributed by atoms with Crippen molar-refractivity contribution in [2.45, 2.75) is 13.3 Å². The molecule has 0 spiro atoms. The van der Waals surface area contributed by atoms with Crippen molar-refractivity contribution in [1.82, 2.24) is 0 Å². The summed E-state index contributed by atoms with van der Waals surface area (Å²) >= 11 is 0. The Morgan fingerprint density at radius 3 is 2.53 bits per heavy atom. The highest BCUT2D eigenvalue weighted by atomic mass is 14.5. The molecule has 0 aromatic heterocycles. The highest BCUT2D eigenvalue weighted by Gasteiger charge is 2.08. The van der Waals surface area contributed by atoms with Gasteiger partial charge < -0.3 is 5.73 Å². The summed E-state index contributed by atoms with van der Waals surface area (Å²) in [5, 5.41) is 6.00. The Kier molecular flexibility index (Phi) is 2.08. The molecule has 0 bridgehead atoms. The van der Waals surface area contributed by atoms with Crippen molar-refractivity contribution >= 4 is 33.8 Å². The van der Waals surface area contributed by atoms with Crippen molar-refractivity contribution < 1.29 is 0 Å². The zero-order valence-electron chi connectivity index (χ0n) is 9.96. The second kappa shape index (κ2) is 3.49. The van der Waals surface area contributed by atoms with Gasteiger partial charge in [-0.2, -0.15) is 0 Å². The molecule has 0 radical (unpaired) electrons. The summed E-state index contributed by atoms with van der Waals surface area (Å²) in [5.41, 5.74) is 8.25. The van der Waals surface area contributed by atoms with Crippen LogP contribution in [-0.4, -0.2) is 0 Å². The average molecular weight is 221 g/mol.